The summed E-state index contributed by atoms with van der Waals surface area (Å²) in [5, 5.41) is 3.59. The van der Waals surface area contributed by atoms with E-state index in [1.807, 2.05) is 0 Å². The van der Waals surface area contributed by atoms with Gasteiger partial charge in [-0.2, -0.15) is 0 Å². The van der Waals surface area contributed by atoms with E-state index in [2.05, 4.69) is 71.7 Å². The van der Waals surface area contributed by atoms with Crippen molar-refractivity contribution in [2.45, 2.75) is 38.9 Å². The lowest BCUT2D eigenvalue weighted by Crippen LogP contribution is -2.22. The minimum Gasteiger partial charge on any atom is -0.367 e. The van der Waals surface area contributed by atoms with Crippen LogP contribution in [0.1, 0.15) is 30.9 Å². The Labute approximate surface area is 127 Å². The average molecular weight is 280 g/mol. The second-order valence-corrected chi connectivity index (χ2v) is 5.82. The van der Waals surface area contributed by atoms with Gasteiger partial charge in [0.25, 0.3) is 0 Å². The molecule has 2 heteroatoms. The fourth-order valence-electron chi connectivity index (χ4n) is 2.63. The number of nitrogens with zero attached hydrogens (tertiary/aromatic N) is 1. The number of hydrogen-bond donors (Lipinski definition) is 1. The van der Waals surface area contributed by atoms with Crippen molar-refractivity contribution in [2.75, 3.05) is 11.4 Å². The summed E-state index contributed by atoms with van der Waals surface area (Å²) in [7, 11) is 0. The van der Waals surface area contributed by atoms with Crippen LogP contribution in [0.4, 0.5) is 5.69 Å². The molecule has 110 valence electrons. The molecular formula is C19H24N2. The smallest absolute Gasteiger partial charge is 0.0429 e. The van der Waals surface area contributed by atoms with Crippen molar-refractivity contribution in [3.8, 4) is 0 Å². The van der Waals surface area contributed by atoms with Gasteiger partial charge in [0, 0.05) is 31.4 Å². The lowest BCUT2D eigenvalue weighted by molar-refractivity contribution is 0.686. The van der Waals surface area contributed by atoms with E-state index in [9.17, 15) is 0 Å². The number of rotatable bonds is 7. The molecule has 1 N–H and O–H groups in total. The third-order valence-electron chi connectivity index (χ3n) is 4.04. The van der Waals surface area contributed by atoms with E-state index in [1.54, 1.807) is 0 Å². The SMILES string of the molecule is CCN(Cc1cccc(CNC2CC2)c1)c1ccccc1. The second kappa shape index (κ2) is 6.77. The summed E-state index contributed by atoms with van der Waals surface area (Å²) in [6, 6.07) is 20.4. The van der Waals surface area contributed by atoms with Crippen LogP contribution in [0.3, 0.4) is 0 Å². The first-order valence-electron chi connectivity index (χ1n) is 7.96. The number of hydrogen-bond acceptors (Lipinski definition) is 2. The summed E-state index contributed by atoms with van der Waals surface area (Å²) in [4.78, 5) is 2.41. The first-order valence-corrected chi connectivity index (χ1v) is 7.96. The summed E-state index contributed by atoms with van der Waals surface area (Å²) in [6.45, 7) is 5.20. The number of nitrogens with one attached hydrogen (secondary N) is 1. The van der Waals surface area contributed by atoms with Crippen molar-refractivity contribution in [3.63, 3.8) is 0 Å². The van der Waals surface area contributed by atoms with E-state index in [0.717, 1.165) is 25.7 Å². The lowest BCUT2D eigenvalue weighted by Gasteiger charge is -2.23. The highest BCUT2D eigenvalue weighted by atomic mass is 15.1. The normalized spacial score (nSPS) is 14.1. The Morgan fingerprint density at radius 3 is 2.48 bits per heavy atom. The molecule has 0 unspecified atom stereocenters. The average Bonchev–Trinajstić information content (AvgIpc) is 3.36. The van der Waals surface area contributed by atoms with Gasteiger partial charge >= 0.3 is 0 Å². The number of benzene rings is 2. The summed E-state index contributed by atoms with van der Waals surface area (Å²) in [5.41, 5.74) is 4.07. The molecule has 1 fully saturated rings. The predicted molar refractivity (Wildman–Crippen MR) is 89.5 cm³/mol. The zero-order valence-electron chi connectivity index (χ0n) is 12.8. The molecule has 0 spiro atoms. The second-order valence-electron chi connectivity index (χ2n) is 5.82. The Bertz CT molecular complexity index is 561. The van der Waals surface area contributed by atoms with Crippen molar-refractivity contribution in [1.29, 1.82) is 0 Å². The molecule has 0 radical (unpaired) electrons. The van der Waals surface area contributed by atoms with Crippen LogP contribution in [0.2, 0.25) is 0 Å². The van der Waals surface area contributed by atoms with Crippen LogP contribution in [0.15, 0.2) is 54.6 Å². The van der Waals surface area contributed by atoms with Gasteiger partial charge in [-0.05, 0) is 43.0 Å². The van der Waals surface area contributed by atoms with Gasteiger partial charge in [0.2, 0.25) is 0 Å². The molecule has 0 aliphatic heterocycles. The van der Waals surface area contributed by atoms with Crippen LogP contribution in [0.5, 0.6) is 0 Å². The van der Waals surface area contributed by atoms with Gasteiger partial charge in [-0.1, -0.05) is 42.5 Å². The molecule has 1 aliphatic rings. The zero-order valence-corrected chi connectivity index (χ0v) is 12.8. The van der Waals surface area contributed by atoms with Crippen LogP contribution in [-0.4, -0.2) is 12.6 Å². The molecule has 0 aromatic heterocycles. The van der Waals surface area contributed by atoms with Gasteiger partial charge in [-0.15, -0.1) is 0 Å². The van der Waals surface area contributed by atoms with Crippen LogP contribution in [0, 0.1) is 0 Å². The van der Waals surface area contributed by atoms with E-state index in [0.29, 0.717) is 0 Å². The molecule has 2 aromatic rings. The van der Waals surface area contributed by atoms with Crippen LogP contribution < -0.4 is 10.2 Å². The molecule has 0 amide bonds. The van der Waals surface area contributed by atoms with Gasteiger partial charge in [0.15, 0.2) is 0 Å². The van der Waals surface area contributed by atoms with E-state index in [-0.39, 0.29) is 0 Å². The summed E-state index contributed by atoms with van der Waals surface area (Å²) in [5.74, 6) is 0. The Hall–Kier alpha value is -1.80. The van der Waals surface area contributed by atoms with Gasteiger partial charge < -0.3 is 10.2 Å². The van der Waals surface area contributed by atoms with Gasteiger partial charge in [-0.25, -0.2) is 0 Å². The highest BCUT2D eigenvalue weighted by Gasteiger charge is 2.19. The van der Waals surface area contributed by atoms with Gasteiger partial charge in [-0.3, -0.25) is 0 Å². The maximum absolute atomic E-state index is 3.59. The van der Waals surface area contributed by atoms with Crippen molar-refractivity contribution in [1.82, 2.24) is 5.32 Å². The van der Waals surface area contributed by atoms with Gasteiger partial charge in [0.1, 0.15) is 0 Å². The van der Waals surface area contributed by atoms with Crippen molar-refractivity contribution in [3.05, 3.63) is 65.7 Å². The minimum atomic E-state index is 0.769. The van der Waals surface area contributed by atoms with Crippen LogP contribution in [-0.2, 0) is 13.1 Å². The monoisotopic (exact) mass is 280 g/mol. The predicted octanol–water partition coefficient (Wildman–Crippen LogP) is 3.97. The van der Waals surface area contributed by atoms with Crippen molar-refractivity contribution >= 4 is 5.69 Å². The third kappa shape index (κ3) is 4.08. The number of anilines is 1. The fraction of sp³-hybridized carbons (Fsp3) is 0.368. The maximum Gasteiger partial charge on any atom is 0.0429 e. The molecule has 1 aliphatic carbocycles. The maximum atomic E-state index is 3.59. The molecular weight excluding hydrogens is 256 g/mol. The molecule has 2 nitrogen and oxygen atoms in total. The molecule has 1 saturated carbocycles. The van der Waals surface area contributed by atoms with Crippen LogP contribution in [0.25, 0.3) is 0 Å². The highest BCUT2D eigenvalue weighted by Crippen LogP contribution is 2.20. The van der Waals surface area contributed by atoms with Crippen LogP contribution >= 0.6 is 0 Å². The molecule has 21 heavy (non-hydrogen) atoms. The molecule has 0 atom stereocenters. The molecule has 0 saturated heterocycles. The quantitative estimate of drug-likeness (QED) is 0.825. The zero-order chi connectivity index (χ0) is 14.5. The van der Waals surface area contributed by atoms with E-state index in [4.69, 9.17) is 0 Å². The summed E-state index contributed by atoms with van der Waals surface area (Å²) < 4.78 is 0. The summed E-state index contributed by atoms with van der Waals surface area (Å²) >= 11 is 0. The molecule has 0 bridgehead atoms. The topological polar surface area (TPSA) is 15.3 Å². The fourth-order valence-corrected chi connectivity index (χ4v) is 2.63. The van der Waals surface area contributed by atoms with E-state index >= 15 is 0 Å². The highest BCUT2D eigenvalue weighted by molar-refractivity contribution is 5.46. The first kappa shape index (κ1) is 14.2. The molecule has 3 rings (SSSR count). The largest absolute Gasteiger partial charge is 0.367 e. The van der Waals surface area contributed by atoms with E-state index < -0.39 is 0 Å². The van der Waals surface area contributed by atoms with Gasteiger partial charge in [0.05, 0.1) is 0 Å². The Morgan fingerprint density at radius 1 is 1.00 bits per heavy atom. The van der Waals surface area contributed by atoms with Crippen molar-refractivity contribution < 1.29 is 0 Å². The Morgan fingerprint density at radius 2 is 1.76 bits per heavy atom. The van der Waals surface area contributed by atoms with E-state index in [1.165, 1.54) is 29.7 Å². The molecule has 2 aromatic carbocycles. The van der Waals surface area contributed by atoms with Crippen molar-refractivity contribution in [2.24, 2.45) is 0 Å². The standard InChI is InChI=1S/C19H24N2/c1-2-21(19-9-4-3-5-10-19)15-17-8-6-7-16(13-17)14-20-18-11-12-18/h3-10,13,18,20H,2,11-12,14-15H2,1H3. The third-order valence-corrected chi connectivity index (χ3v) is 4.04. The number of para-hydroxylation sites is 1. The summed E-state index contributed by atoms with van der Waals surface area (Å²) in [6.07, 6.45) is 2.69. The minimum absolute atomic E-state index is 0.769. The Kier molecular flexibility index (Phi) is 4.56. The first-order chi connectivity index (χ1) is 10.3. The lowest BCUT2D eigenvalue weighted by atomic mass is 10.1. The molecule has 0 heterocycles. The Balaban J connectivity index is 1.66.